The molecule has 3 N–H and O–H groups in total. The van der Waals surface area contributed by atoms with Crippen LogP contribution in [0.2, 0.25) is 0 Å². The first-order valence-corrected chi connectivity index (χ1v) is 8.90. The highest BCUT2D eigenvalue weighted by molar-refractivity contribution is 7.92. The predicted molar refractivity (Wildman–Crippen MR) is 74.1 cm³/mol. The smallest absolute Gasteiger partial charge is 0.255 e. The van der Waals surface area contributed by atoms with Gasteiger partial charge in [0.25, 0.3) is 10.0 Å². The van der Waals surface area contributed by atoms with E-state index in [1.54, 1.807) is 0 Å². The van der Waals surface area contributed by atoms with E-state index >= 15 is 0 Å². The molecule has 0 bridgehead atoms. The number of methoxy groups -OCH3 is 1. The van der Waals surface area contributed by atoms with Gasteiger partial charge in [-0.25, -0.2) is 27.0 Å². The van der Waals surface area contributed by atoms with Gasteiger partial charge in [-0.3, -0.25) is 4.72 Å². The summed E-state index contributed by atoms with van der Waals surface area (Å²) >= 11 is 0. The second-order valence-electron chi connectivity index (χ2n) is 4.08. The molecule has 1 aromatic rings. The number of aromatic nitrogens is 1. The van der Waals surface area contributed by atoms with Gasteiger partial charge in [0.15, 0.2) is 5.03 Å². The number of nitrogens with two attached hydrogens (primary N) is 1. The summed E-state index contributed by atoms with van der Waals surface area (Å²) in [6.07, 6.45) is 1.23. The Balaban J connectivity index is 2.83. The van der Waals surface area contributed by atoms with Gasteiger partial charge in [-0.15, -0.1) is 0 Å². The molecule has 0 spiro atoms. The van der Waals surface area contributed by atoms with E-state index < -0.39 is 26.2 Å². The predicted octanol–water partition coefficient (Wildman–Crippen LogP) is -0.104. The third kappa shape index (κ3) is 5.04. The summed E-state index contributed by atoms with van der Waals surface area (Å²) in [5.74, 6) is -0.197. The molecule has 1 unspecified atom stereocenters. The van der Waals surface area contributed by atoms with E-state index in [9.17, 15) is 16.8 Å². The van der Waals surface area contributed by atoms with E-state index in [2.05, 4.69) is 9.71 Å². The van der Waals surface area contributed by atoms with Crippen molar-refractivity contribution in [3.63, 3.8) is 0 Å². The Kier molecular flexibility index (Phi) is 5.45. The molecule has 114 valence electrons. The molecule has 1 rings (SSSR count). The van der Waals surface area contributed by atoms with Crippen molar-refractivity contribution in [3.05, 3.63) is 18.3 Å². The van der Waals surface area contributed by atoms with Crippen molar-refractivity contribution in [1.82, 2.24) is 4.98 Å². The van der Waals surface area contributed by atoms with Gasteiger partial charge < -0.3 is 4.74 Å². The average molecular weight is 323 g/mol. The van der Waals surface area contributed by atoms with Gasteiger partial charge in [0.2, 0.25) is 10.0 Å². The second-order valence-corrected chi connectivity index (χ2v) is 7.35. The number of nitrogens with one attached hydrogen (secondary N) is 1. The summed E-state index contributed by atoms with van der Waals surface area (Å²) in [6.45, 7) is 1.81. The van der Waals surface area contributed by atoms with Crippen LogP contribution in [-0.4, -0.2) is 40.8 Å². The van der Waals surface area contributed by atoms with Gasteiger partial charge in [0, 0.05) is 7.11 Å². The number of ether oxygens (including phenoxy) is 1. The topological polar surface area (TPSA) is 128 Å². The fraction of sp³-hybridized carbons (Fsp3) is 0.500. The molecule has 0 radical (unpaired) electrons. The number of anilines is 1. The second kappa shape index (κ2) is 6.48. The number of hydrogen-bond donors (Lipinski definition) is 2. The van der Waals surface area contributed by atoms with Crippen molar-refractivity contribution < 1.29 is 21.6 Å². The maximum atomic E-state index is 11.8. The van der Waals surface area contributed by atoms with Gasteiger partial charge >= 0.3 is 0 Å². The molecule has 1 heterocycles. The van der Waals surface area contributed by atoms with E-state index in [4.69, 9.17) is 9.88 Å². The van der Waals surface area contributed by atoms with Gasteiger partial charge in [-0.2, -0.15) is 0 Å². The van der Waals surface area contributed by atoms with E-state index in [-0.39, 0.29) is 16.5 Å². The standard InChI is InChI=1S/C10H17N3O5S2/c1-3-9(18-2)7-19(14,15)13-8-4-5-10(12-6-8)20(11,16)17/h4-6,9,13H,3,7H2,1-2H3,(H2,11,16,17). The van der Waals surface area contributed by atoms with Crippen LogP contribution in [0.4, 0.5) is 5.69 Å². The third-order valence-electron chi connectivity index (χ3n) is 2.50. The minimum absolute atomic E-state index is 0.156. The van der Waals surface area contributed by atoms with Crippen LogP contribution < -0.4 is 9.86 Å². The van der Waals surface area contributed by atoms with Crippen molar-refractivity contribution in [3.8, 4) is 0 Å². The van der Waals surface area contributed by atoms with Crippen LogP contribution in [0.25, 0.3) is 0 Å². The molecule has 0 saturated carbocycles. The van der Waals surface area contributed by atoms with Crippen molar-refractivity contribution in [1.29, 1.82) is 0 Å². The van der Waals surface area contributed by atoms with E-state index in [1.807, 2.05) is 6.92 Å². The SMILES string of the molecule is CCC(CS(=O)(=O)Nc1ccc(S(N)(=O)=O)nc1)OC. The van der Waals surface area contributed by atoms with Crippen molar-refractivity contribution in [2.24, 2.45) is 5.14 Å². The van der Waals surface area contributed by atoms with Gasteiger partial charge in [-0.1, -0.05) is 6.92 Å². The van der Waals surface area contributed by atoms with Crippen molar-refractivity contribution in [2.75, 3.05) is 17.6 Å². The highest BCUT2D eigenvalue weighted by atomic mass is 32.2. The number of hydrogen-bond acceptors (Lipinski definition) is 6. The van der Waals surface area contributed by atoms with Crippen LogP contribution in [0.15, 0.2) is 23.4 Å². The minimum atomic E-state index is -3.90. The van der Waals surface area contributed by atoms with Crippen LogP contribution in [0.3, 0.4) is 0 Å². The third-order valence-corrected chi connectivity index (χ3v) is 4.68. The largest absolute Gasteiger partial charge is 0.380 e. The maximum absolute atomic E-state index is 11.8. The first-order chi connectivity index (χ1) is 9.18. The molecule has 0 fully saturated rings. The molecule has 0 saturated heterocycles. The average Bonchev–Trinajstić information content (AvgIpc) is 2.35. The van der Waals surface area contributed by atoms with Crippen molar-refractivity contribution in [2.45, 2.75) is 24.5 Å². The Morgan fingerprint density at radius 3 is 2.40 bits per heavy atom. The molecule has 0 aromatic carbocycles. The molecule has 0 amide bonds. The maximum Gasteiger partial charge on any atom is 0.255 e. The van der Waals surface area contributed by atoms with Crippen LogP contribution >= 0.6 is 0 Å². The van der Waals surface area contributed by atoms with E-state index in [1.165, 1.54) is 13.2 Å². The Morgan fingerprint density at radius 2 is 2.00 bits per heavy atom. The summed E-state index contributed by atoms with van der Waals surface area (Å²) in [4.78, 5) is 3.58. The molecule has 8 nitrogen and oxygen atoms in total. The Hall–Kier alpha value is -1.23. The lowest BCUT2D eigenvalue weighted by molar-refractivity contribution is 0.117. The molecule has 0 aliphatic rings. The highest BCUT2D eigenvalue weighted by Crippen LogP contribution is 2.12. The fourth-order valence-electron chi connectivity index (χ4n) is 1.43. The zero-order valence-corrected chi connectivity index (χ0v) is 12.7. The minimum Gasteiger partial charge on any atom is -0.380 e. The molecular formula is C10H17N3O5S2. The van der Waals surface area contributed by atoms with Crippen LogP contribution in [0.5, 0.6) is 0 Å². The molecule has 10 heteroatoms. The first kappa shape index (κ1) is 16.8. The first-order valence-electron chi connectivity index (χ1n) is 5.70. The summed E-state index contributed by atoms with van der Waals surface area (Å²) < 4.78 is 53.0. The molecule has 1 atom stereocenters. The number of primary sulfonamides is 1. The summed E-state index contributed by atoms with van der Waals surface area (Å²) in [5, 5.41) is 4.56. The van der Waals surface area contributed by atoms with E-state index in [0.717, 1.165) is 12.3 Å². The monoisotopic (exact) mass is 323 g/mol. The molecule has 0 aliphatic heterocycles. The summed E-state index contributed by atoms with van der Waals surface area (Å²) in [6, 6.07) is 2.40. The van der Waals surface area contributed by atoms with Crippen LogP contribution in [0.1, 0.15) is 13.3 Å². The molecule has 1 aromatic heterocycles. The Bertz CT molecular complexity index is 636. The number of rotatable bonds is 7. The van der Waals surface area contributed by atoms with Gasteiger partial charge in [0.1, 0.15) is 0 Å². The summed E-state index contributed by atoms with van der Waals surface area (Å²) in [5.41, 5.74) is 0.156. The lowest BCUT2D eigenvalue weighted by Gasteiger charge is -2.14. The van der Waals surface area contributed by atoms with Gasteiger partial charge in [-0.05, 0) is 18.6 Å². The molecule has 20 heavy (non-hydrogen) atoms. The zero-order chi connectivity index (χ0) is 15.4. The van der Waals surface area contributed by atoms with E-state index in [0.29, 0.717) is 6.42 Å². The highest BCUT2D eigenvalue weighted by Gasteiger charge is 2.18. The number of pyridine rings is 1. The summed E-state index contributed by atoms with van der Waals surface area (Å²) in [7, 11) is -6.06. The lowest BCUT2D eigenvalue weighted by atomic mass is 10.3. The zero-order valence-electron chi connectivity index (χ0n) is 11.1. The molecule has 0 aliphatic carbocycles. The normalized spacial score (nSPS) is 13.9. The Labute approximate surface area is 118 Å². The number of sulfonamides is 2. The van der Waals surface area contributed by atoms with Gasteiger partial charge in [0.05, 0.1) is 23.7 Å². The lowest BCUT2D eigenvalue weighted by Crippen LogP contribution is -2.27. The Morgan fingerprint density at radius 1 is 1.35 bits per heavy atom. The van der Waals surface area contributed by atoms with Crippen LogP contribution in [-0.2, 0) is 24.8 Å². The fourth-order valence-corrected chi connectivity index (χ4v) is 3.31. The quantitative estimate of drug-likeness (QED) is 0.720. The molecular weight excluding hydrogens is 306 g/mol. The number of nitrogens with zero attached hydrogens (tertiary/aromatic N) is 1. The van der Waals surface area contributed by atoms with Crippen LogP contribution in [0, 0.1) is 0 Å². The van der Waals surface area contributed by atoms with Crippen molar-refractivity contribution >= 4 is 25.7 Å².